The maximum Gasteiger partial charge on any atom is 0.123 e. The van der Waals surface area contributed by atoms with Crippen molar-refractivity contribution in [3.05, 3.63) is 23.9 Å². The molecule has 1 aliphatic rings. The zero-order valence-corrected chi connectivity index (χ0v) is 13.7. The summed E-state index contributed by atoms with van der Waals surface area (Å²) in [5, 5.41) is 12.0. The van der Waals surface area contributed by atoms with Crippen molar-refractivity contribution in [2.24, 2.45) is 0 Å². The number of H-pyrrole nitrogens is 1. The largest absolute Gasteiger partial charge is 0.490 e. The summed E-state index contributed by atoms with van der Waals surface area (Å²) in [6.45, 7) is 5.51. The first-order valence-corrected chi connectivity index (χ1v) is 8.66. The highest BCUT2D eigenvalue weighted by molar-refractivity contribution is 5.84. The molecule has 22 heavy (non-hydrogen) atoms. The molecular weight excluding hydrogens is 274 g/mol. The van der Waals surface area contributed by atoms with Crippen LogP contribution in [0.25, 0.3) is 10.9 Å². The molecule has 4 nitrogen and oxygen atoms in total. The smallest absolute Gasteiger partial charge is 0.123 e. The Morgan fingerprint density at radius 3 is 3.05 bits per heavy atom. The zero-order chi connectivity index (χ0) is 15.4. The fraction of sp³-hybridized carbons (Fsp3) is 0.611. The van der Waals surface area contributed by atoms with E-state index in [0.29, 0.717) is 12.1 Å². The Hall–Kier alpha value is -1.55. The van der Waals surface area contributed by atoms with E-state index in [4.69, 9.17) is 4.74 Å². The Morgan fingerprint density at radius 1 is 1.32 bits per heavy atom. The topological polar surface area (TPSA) is 49.9 Å². The average Bonchev–Trinajstić information content (AvgIpc) is 3.02. The zero-order valence-electron chi connectivity index (χ0n) is 13.7. The van der Waals surface area contributed by atoms with Gasteiger partial charge in [0, 0.05) is 17.0 Å². The van der Waals surface area contributed by atoms with Crippen molar-refractivity contribution in [2.45, 2.75) is 64.5 Å². The second-order valence-electron chi connectivity index (χ2n) is 6.28. The number of nitrogens with one attached hydrogen (secondary N) is 2. The summed E-state index contributed by atoms with van der Waals surface area (Å²) >= 11 is 0. The molecule has 2 aromatic rings. The van der Waals surface area contributed by atoms with Crippen molar-refractivity contribution >= 4 is 10.9 Å². The molecule has 4 heteroatoms. The van der Waals surface area contributed by atoms with Crippen molar-refractivity contribution < 1.29 is 4.74 Å². The van der Waals surface area contributed by atoms with E-state index in [1.807, 2.05) is 6.20 Å². The molecule has 1 aromatic carbocycles. The summed E-state index contributed by atoms with van der Waals surface area (Å²) in [4.78, 5) is 0. The minimum Gasteiger partial charge on any atom is -0.490 e. The van der Waals surface area contributed by atoms with Gasteiger partial charge in [0.25, 0.3) is 0 Å². The van der Waals surface area contributed by atoms with Crippen LogP contribution in [0.1, 0.15) is 51.5 Å². The molecule has 0 radical (unpaired) electrons. The van der Waals surface area contributed by atoms with Crippen LogP contribution in [0.15, 0.2) is 18.3 Å². The highest BCUT2D eigenvalue weighted by Gasteiger charge is 2.23. The summed E-state index contributed by atoms with van der Waals surface area (Å²) in [6.07, 6.45) is 9.22. The van der Waals surface area contributed by atoms with Gasteiger partial charge < -0.3 is 10.1 Å². The fourth-order valence-electron chi connectivity index (χ4n) is 3.50. The summed E-state index contributed by atoms with van der Waals surface area (Å²) in [5.41, 5.74) is 2.37. The lowest BCUT2D eigenvalue weighted by molar-refractivity contribution is 0.134. The molecule has 3 rings (SSSR count). The van der Waals surface area contributed by atoms with E-state index in [1.165, 1.54) is 30.2 Å². The molecule has 120 valence electrons. The van der Waals surface area contributed by atoms with Crippen LogP contribution in [0.4, 0.5) is 0 Å². The van der Waals surface area contributed by atoms with E-state index < -0.39 is 0 Å². The van der Waals surface area contributed by atoms with Gasteiger partial charge >= 0.3 is 0 Å². The first-order chi connectivity index (χ1) is 10.8. The number of nitrogens with zero attached hydrogens (tertiary/aromatic N) is 1. The molecule has 0 unspecified atom stereocenters. The van der Waals surface area contributed by atoms with Crippen LogP contribution in [-0.4, -0.2) is 28.9 Å². The molecular formula is C18H27N3O. The molecule has 1 heterocycles. The molecule has 1 fully saturated rings. The number of aromatic nitrogens is 2. The Bertz CT molecular complexity index is 607. The van der Waals surface area contributed by atoms with E-state index in [-0.39, 0.29) is 0 Å². The molecule has 0 spiro atoms. The van der Waals surface area contributed by atoms with E-state index in [2.05, 4.69) is 41.5 Å². The van der Waals surface area contributed by atoms with Gasteiger partial charge in [-0.1, -0.05) is 13.8 Å². The first kappa shape index (κ1) is 15.3. The van der Waals surface area contributed by atoms with E-state index in [9.17, 15) is 0 Å². The van der Waals surface area contributed by atoms with E-state index in [0.717, 1.165) is 37.1 Å². The van der Waals surface area contributed by atoms with Crippen LogP contribution >= 0.6 is 0 Å². The predicted octanol–water partition coefficient (Wildman–Crippen LogP) is 3.81. The van der Waals surface area contributed by atoms with E-state index in [1.54, 1.807) is 0 Å². The van der Waals surface area contributed by atoms with Gasteiger partial charge in [0.1, 0.15) is 11.9 Å². The lowest BCUT2D eigenvalue weighted by Crippen LogP contribution is -2.38. The molecule has 1 aliphatic carbocycles. The molecule has 0 amide bonds. The van der Waals surface area contributed by atoms with E-state index >= 15 is 0 Å². The van der Waals surface area contributed by atoms with Gasteiger partial charge in [-0.3, -0.25) is 5.10 Å². The number of hydrogen-bond acceptors (Lipinski definition) is 3. The summed E-state index contributed by atoms with van der Waals surface area (Å²) in [6, 6.07) is 4.79. The quantitative estimate of drug-likeness (QED) is 0.853. The minimum atomic E-state index is 0.331. The first-order valence-electron chi connectivity index (χ1n) is 8.66. The minimum absolute atomic E-state index is 0.331. The van der Waals surface area contributed by atoms with Crippen LogP contribution in [0, 0.1) is 0 Å². The maximum atomic E-state index is 6.38. The Morgan fingerprint density at radius 2 is 2.23 bits per heavy atom. The number of ether oxygens (including phenoxy) is 1. The molecule has 2 N–H and O–H groups in total. The molecule has 0 saturated heterocycles. The van der Waals surface area contributed by atoms with Gasteiger partial charge in [0.15, 0.2) is 0 Å². The monoisotopic (exact) mass is 301 g/mol. The Balaban J connectivity index is 1.72. The second kappa shape index (κ2) is 7.14. The predicted molar refractivity (Wildman–Crippen MR) is 90.4 cm³/mol. The average molecular weight is 301 g/mol. The highest BCUT2D eigenvalue weighted by Crippen LogP contribution is 2.31. The van der Waals surface area contributed by atoms with Crippen molar-refractivity contribution in [1.82, 2.24) is 15.5 Å². The van der Waals surface area contributed by atoms with Gasteiger partial charge in [0.05, 0.1) is 11.7 Å². The summed E-state index contributed by atoms with van der Waals surface area (Å²) in [7, 11) is 0. The number of rotatable bonds is 6. The Kier molecular flexibility index (Phi) is 4.98. The number of aryl methyl sites for hydroxylation is 1. The van der Waals surface area contributed by atoms with Crippen LogP contribution in [0.5, 0.6) is 5.75 Å². The van der Waals surface area contributed by atoms with Crippen LogP contribution in [-0.2, 0) is 6.42 Å². The normalized spacial score (nSPS) is 22.1. The van der Waals surface area contributed by atoms with Gasteiger partial charge in [-0.2, -0.15) is 5.10 Å². The summed E-state index contributed by atoms with van der Waals surface area (Å²) < 4.78 is 6.38. The lowest BCUT2D eigenvalue weighted by atomic mass is 9.92. The van der Waals surface area contributed by atoms with Crippen molar-refractivity contribution in [3.8, 4) is 5.75 Å². The SMILES string of the molecule is CCCN[C@H]1CCC[C@H](Oc2ccc3[nH]ncc3c2CC)C1. The highest BCUT2D eigenvalue weighted by atomic mass is 16.5. The second-order valence-corrected chi connectivity index (χ2v) is 6.28. The lowest BCUT2D eigenvalue weighted by Gasteiger charge is -2.31. The van der Waals surface area contributed by atoms with Gasteiger partial charge in [0.2, 0.25) is 0 Å². The van der Waals surface area contributed by atoms with Crippen LogP contribution < -0.4 is 10.1 Å². The van der Waals surface area contributed by atoms with Crippen LogP contribution in [0.3, 0.4) is 0 Å². The van der Waals surface area contributed by atoms with Gasteiger partial charge in [-0.05, 0) is 57.2 Å². The molecule has 0 bridgehead atoms. The van der Waals surface area contributed by atoms with Gasteiger partial charge in [-0.15, -0.1) is 0 Å². The maximum absolute atomic E-state index is 6.38. The summed E-state index contributed by atoms with van der Waals surface area (Å²) in [5.74, 6) is 1.04. The molecule has 1 saturated carbocycles. The van der Waals surface area contributed by atoms with Gasteiger partial charge in [-0.25, -0.2) is 0 Å². The third kappa shape index (κ3) is 3.27. The molecule has 2 atom stereocenters. The number of fused-ring (bicyclic) bond motifs is 1. The standard InChI is InChI=1S/C18H27N3O/c1-3-10-19-13-6-5-7-14(11-13)22-18-9-8-17-16(12-20-21-17)15(18)4-2/h8-9,12-14,19H,3-7,10-11H2,1-2H3,(H,20,21)/t13-,14-/m0/s1. The third-order valence-electron chi connectivity index (χ3n) is 4.65. The Labute approximate surface area is 132 Å². The van der Waals surface area contributed by atoms with Crippen LogP contribution in [0.2, 0.25) is 0 Å². The van der Waals surface area contributed by atoms with Crippen molar-refractivity contribution in [2.75, 3.05) is 6.54 Å². The van der Waals surface area contributed by atoms with Crippen molar-refractivity contribution in [1.29, 1.82) is 0 Å². The number of benzene rings is 1. The van der Waals surface area contributed by atoms with Crippen molar-refractivity contribution in [3.63, 3.8) is 0 Å². The fourth-order valence-corrected chi connectivity index (χ4v) is 3.50. The molecule has 0 aliphatic heterocycles. The number of hydrogen-bond donors (Lipinski definition) is 2. The molecule has 1 aromatic heterocycles. The third-order valence-corrected chi connectivity index (χ3v) is 4.65. The number of aromatic amines is 1.